The van der Waals surface area contributed by atoms with E-state index in [1.165, 1.54) is 77.4 Å². The molecule has 1 atom stereocenters. The number of piperidine rings is 1. The van der Waals surface area contributed by atoms with Crippen molar-refractivity contribution in [2.45, 2.75) is 82.8 Å². The molecule has 0 aromatic carbocycles. The van der Waals surface area contributed by atoms with Crippen LogP contribution < -0.4 is 5.32 Å². The Morgan fingerprint density at radius 1 is 1.10 bits per heavy atom. The molecule has 1 heterocycles. The Labute approximate surface area is 132 Å². The highest BCUT2D eigenvalue weighted by molar-refractivity contribution is 4.83. The first kappa shape index (κ1) is 17.2. The van der Waals surface area contributed by atoms with Gasteiger partial charge in [-0.15, -0.1) is 0 Å². The molecule has 1 unspecified atom stereocenters. The minimum Gasteiger partial charge on any atom is -0.314 e. The average Bonchev–Trinajstić information content (AvgIpc) is 2.52. The molecular formula is C18H37N3. The van der Waals surface area contributed by atoms with Gasteiger partial charge >= 0.3 is 0 Å². The smallest absolute Gasteiger partial charge is 0.0104 e. The van der Waals surface area contributed by atoms with E-state index in [0.717, 1.165) is 18.1 Å². The van der Waals surface area contributed by atoms with E-state index in [0.29, 0.717) is 0 Å². The van der Waals surface area contributed by atoms with Gasteiger partial charge in [-0.05, 0) is 85.1 Å². The molecule has 0 radical (unpaired) electrons. The highest BCUT2D eigenvalue weighted by Crippen LogP contribution is 2.24. The fourth-order valence-corrected chi connectivity index (χ4v) is 4.11. The second kappa shape index (κ2) is 9.12. The van der Waals surface area contributed by atoms with Gasteiger partial charge in [-0.1, -0.05) is 13.3 Å². The summed E-state index contributed by atoms with van der Waals surface area (Å²) < 4.78 is 0. The van der Waals surface area contributed by atoms with E-state index in [4.69, 9.17) is 0 Å². The van der Waals surface area contributed by atoms with E-state index in [2.05, 4.69) is 36.1 Å². The SMILES string of the molecule is CCCNC1CCC(N(C)CCC2CCCCN2C)CC1. The Balaban J connectivity index is 1.64. The van der Waals surface area contributed by atoms with E-state index in [9.17, 15) is 0 Å². The molecule has 124 valence electrons. The fourth-order valence-electron chi connectivity index (χ4n) is 4.11. The third-order valence-electron chi connectivity index (χ3n) is 5.74. The molecule has 1 N–H and O–H groups in total. The van der Waals surface area contributed by atoms with Gasteiger partial charge in [-0.3, -0.25) is 0 Å². The Kier molecular flexibility index (Phi) is 7.48. The monoisotopic (exact) mass is 295 g/mol. The molecule has 0 aromatic heterocycles. The number of hydrogen-bond acceptors (Lipinski definition) is 3. The summed E-state index contributed by atoms with van der Waals surface area (Å²) in [5, 5.41) is 3.70. The van der Waals surface area contributed by atoms with Crippen LogP contribution in [0.5, 0.6) is 0 Å². The van der Waals surface area contributed by atoms with Crippen molar-refractivity contribution in [1.82, 2.24) is 15.1 Å². The summed E-state index contributed by atoms with van der Waals surface area (Å²) in [7, 11) is 4.67. The van der Waals surface area contributed by atoms with E-state index in [-0.39, 0.29) is 0 Å². The van der Waals surface area contributed by atoms with Crippen molar-refractivity contribution in [2.24, 2.45) is 0 Å². The number of rotatable bonds is 7. The topological polar surface area (TPSA) is 18.5 Å². The van der Waals surface area contributed by atoms with Gasteiger partial charge in [0.05, 0.1) is 0 Å². The summed E-state index contributed by atoms with van der Waals surface area (Å²) in [5.41, 5.74) is 0. The van der Waals surface area contributed by atoms with Crippen LogP contribution in [0.25, 0.3) is 0 Å². The van der Waals surface area contributed by atoms with Crippen LogP contribution in [0.4, 0.5) is 0 Å². The maximum absolute atomic E-state index is 3.70. The first-order valence-corrected chi connectivity index (χ1v) is 9.34. The molecule has 0 amide bonds. The summed E-state index contributed by atoms with van der Waals surface area (Å²) in [4.78, 5) is 5.24. The van der Waals surface area contributed by atoms with Gasteiger partial charge in [0.15, 0.2) is 0 Å². The molecule has 1 saturated heterocycles. The molecule has 2 aliphatic rings. The minimum absolute atomic E-state index is 0.791. The number of hydrogen-bond donors (Lipinski definition) is 1. The van der Waals surface area contributed by atoms with Crippen LogP contribution in [0.3, 0.4) is 0 Å². The van der Waals surface area contributed by atoms with Gasteiger partial charge in [0.25, 0.3) is 0 Å². The number of nitrogens with zero attached hydrogens (tertiary/aromatic N) is 2. The fraction of sp³-hybridized carbons (Fsp3) is 1.00. The molecule has 1 aliphatic carbocycles. The first-order chi connectivity index (χ1) is 10.2. The maximum Gasteiger partial charge on any atom is 0.0104 e. The Bertz CT molecular complexity index is 274. The quantitative estimate of drug-likeness (QED) is 0.778. The molecular weight excluding hydrogens is 258 g/mol. The van der Waals surface area contributed by atoms with Gasteiger partial charge in [-0.2, -0.15) is 0 Å². The Hall–Kier alpha value is -0.120. The van der Waals surface area contributed by atoms with Crippen LogP contribution >= 0.6 is 0 Å². The van der Waals surface area contributed by atoms with Gasteiger partial charge in [0, 0.05) is 18.1 Å². The molecule has 3 heteroatoms. The molecule has 0 aromatic rings. The van der Waals surface area contributed by atoms with Crippen LogP contribution in [0.2, 0.25) is 0 Å². The molecule has 0 spiro atoms. The van der Waals surface area contributed by atoms with Gasteiger partial charge in [0.2, 0.25) is 0 Å². The lowest BCUT2D eigenvalue weighted by Gasteiger charge is -2.37. The molecule has 2 fully saturated rings. The molecule has 2 rings (SSSR count). The minimum atomic E-state index is 0.791. The molecule has 1 saturated carbocycles. The van der Waals surface area contributed by atoms with Gasteiger partial charge in [0.1, 0.15) is 0 Å². The Morgan fingerprint density at radius 2 is 1.86 bits per heavy atom. The lowest BCUT2D eigenvalue weighted by atomic mass is 9.90. The molecule has 3 nitrogen and oxygen atoms in total. The predicted octanol–water partition coefficient (Wildman–Crippen LogP) is 3.10. The van der Waals surface area contributed by atoms with Crippen molar-refractivity contribution in [3.05, 3.63) is 0 Å². The van der Waals surface area contributed by atoms with Crippen molar-refractivity contribution in [2.75, 3.05) is 33.7 Å². The van der Waals surface area contributed by atoms with Crippen molar-refractivity contribution in [3.8, 4) is 0 Å². The summed E-state index contributed by atoms with van der Waals surface area (Å²) in [6, 6.07) is 2.46. The van der Waals surface area contributed by atoms with Crippen LogP contribution in [-0.4, -0.2) is 61.7 Å². The molecule has 21 heavy (non-hydrogen) atoms. The average molecular weight is 296 g/mol. The zero-order chi connectivity index (χ0) is 15.1. The summed E-state index contributed by atoms with van der Waals surface area (Å²) >= 11 is 0. The van der Waals surface area contributed by atoms with Gasteiger partial charge < -0.3 is 15.1 Å². The Morgan fingerprint density at radius 3 is 2.52 bits per heavy atom. The zero-order valence-electron chi connectivity index (χ0n) is 14.6. The summed E-state index contributed by atoms with van der Waals surface area (Å²) in [5.74, 6) is 0. The lowest BCUT2D eigenvalue weighted by molar-refractivity contribution is 0.130. The van der Waals surface area contributed by atoms with Crippen LogP contribution in [0, 0.1) is 0 Å². The van der Waals surface area contributed by atoms with Crippen LogP contribution in [0.1, 0.15) is 64.7 Å². The van der Waals surface area contributed by atoms with E-state index < -0.39 is 0 Å². The second-order valence-electron chi connectivity index (χ2n) is 7.36. The first-order valence-electron chi connectivity index (χ1n) is 9.34. The third kappa shape index (κ3) is 5.54. The van der Waals surface area contributed by atoms with Crippen LogP contribution in [-0.2, 0) is 0 Å². The number of likely N-dealkylation sites (tertiary alicyclic amines) is 1. The number of nitrogens with one attached hydrogen (secondary N) is 1. The van der Waals surface area contributed by atoms with E-state index in [1.807, 2.05) is 0 Å². The second-order valence-corrected chi connectivity index (χ2v) is 7.36. The zero-order valence-corrected chi connectivity index (χ0v) is 14.6. The largest absolute Gasteiger partial charge is 0.314 e. The standard InChI is InChI=1S/C18H37N3/c1-4-13-19-16-8-10-18(11-9-16)21(3)15-12-17-7-5-6-14-20(17)2/h16-19H,4-15H2,1-3H3. The van der Waals surface area contributed by atoms with E-state index in [1.54, 1.807) is 0 Å². The highest BCUT2D eigenvalue weighted by atomic mass is 15.2. The highest BCUT2D eigenvalue weighted by Gasteiger charge is 2.25. The molecule has 1 aliphatic heterocycles. The normalized spacial score (nSPS) is 31.7. The van der Waals surface area contributed by atoms with Crippen LogP contribution in [0.15, 0.2) is 0 Å². The van der Waals surface area contributed by atoms with Crippen molar-refractivity contribution in [1.29, 1.82) is 0 Å². The maximum atomic E-state index is 3.70. The molecule has 0 bridgehead atoms. The van der Waals surface area contributed by atoms with E-state index >= 15 is 0 Å². The van der Waals surface area contributed by atoms with Gasteiger partial charge in [-0.25, -0.2) is 0 Å². The predicted molar refractivity (Wildman–Crippen MR) is 91.9 cm³/mol. The lowest BCUT2D eigenvalue weighted by Crippen LogP contribution is -2.43. The summed E-state index contributed by atoms with van der Waals surface area (Å²) in [6.45, 7) is 6.04. The third-order valence-corrected chi connectivity index (χ3v) is 5.74. The summed E-state index contributed by atoms with van der Waals surface area (Å²) in [6.07, 6.45) is 12.4. The van der Waals surface area contributed by atoms with Crippen molar-refractivity contribution in [3.63, 3.8) is 0 Å². The van der Waals surface area contributed by atoms with Crippen molar-refractivity contribution < 1.29 is 0 Å². The van der Waals surface area contributed by atoms with Crippen molar-refractivity contribution >= 4 is 0 Å².